The second-order valence-electron chi connectivity index (χ2n) is 13.6. The van der Waals surface area contributed by atoms with Crippen LogP contribution in [0, 0.1) is 0 Å². The molecule has 0 fully saturated rings. The molecule has 0 saturated carbocycles. The molecule has 0 bridgehead atoms. The Hall–Kier alpha value is -1.54. The number of phosphoric ester groups is 1. The Labute approximate surface area is 289 Å². The van der Waals surface area contributed by atoms with Crippen LogP contribution in [0.5, 0.6) is 0 Å². The molecular formula is C38H72N2O6P+. The lowest BCUT2D eigenvalue weighted by Gasteiger charge is -2.25. The van der Waals surface area contributed by atoms with E-state index in [1.165, 1.54) is 44.9 Å². The molecule has 0 heterocycles. The number of aliphatic hydroxyl groups is 1. The third-order valence-corrected chi connectivity index (χ3v) is 8.78. The predicted molar refractivity (Wildman–Crippen MR) is 198 cm³/mol. The maximum absolute atomic E-state index is 12.7. The fourth-order valence-corrected chi connectivity index (χ4v) is 5.49. The molecule has 0 aliphatic rings. The molecule has 0 aliphatic carbocycles. The quantitative estimate of drug-likeness (QED) is 0.0283. The van der Waals surface area contributed by atoms with Gasteiger partial charge < -0.3 is 19.8 Å². The Kier molecular flexibility index (Phi) is 29.5. The maximum atomic E-state index is 12.7. The highest BCUT2D eigenvalue weighted by Crippen LogP contribution is 2.43. The number of hydrogen-bond acceptors (Lipinski definition) is 5. The smallest absolute Gasteiger partial charge is 0.387 e. The number of rotatable bonds is 32. The molecule has 0 spiro atoms. The van der Waals surface area contributed by atoms with Gasteiger partial charge in [0.05, 0.1) is 39.9 Å². The molecule has 0 rings (SSSR count). The summed E-state index contributed by atoms with van der Waals surface area (Å²) in [6.07, 6.45) is 36.3. The summed E-state index contributed by atoms with van der Waals surface area (Å²) in [5.41, 5.74) is 0. The number of nitrogens with one attached hydrogen (secondary N) is 1. The molecule has 3 atom stereocenters. The number of hydrogen-bond donors (Lipinski definition) is 3. The molecule has 8 nitrogen and oxygen atoms in total. The number of carbonyl (C=O) groups is 1. The van der Waals surface area contributed by atoms with E-state index in [-0.39, 0.29) is 19.1 Å². The molecule has 9 heteroatoms. The molecule has 0 aromatic rings. The van der Waals surface area contributed by atoms with Gasteiger partial charge in [0.1, 0.15) is 13.2 Å². The van der Waals surface area contributed by atoms with E-state index in [0.29, 0.717) is 17.4 Å². The number of unbranched alkanes of at least 4 members (excludes halogenated alkanes) is 13. The first-order valence-corrected chi connectivity index (χ1v) is 20.0. The number of allylic oxidation sites excluding steroid dienone is 7. The van der Waals surface area contributed by atoms with Gasteiger partial charge in [0.2, 0.25) is 5.91 Å². The topological polar surface area (TPSA) is 105 Å². The van der Waals surface area contributed by atoms with Crippen LogP contribution in [-0.4, -0.2) is 73.4 Å². The summed E-state index contributed by atoms with van der Waals surface area (Å²) in [5.74, 6) is -0.199. The summed E-state index contributed by atoms with van der Waals surface area (Å²) < 4.78 is 23.3. The summed E-state index contributed by atoms with van der Waals surface area (Å²) >= 11 is 0. The number of phosphoric acid groups is 1. The van der Waals surface area contributed by atoms with Crippen LogP contribution in [0.25, 0.3) is 0 Å². The SMILES string of the molecule is CCCCC/C=C\C/C=C\C/C=C\CCCCCCCCC(=O)NC(COP(=O)(O)OCC[N+](C)(C)C)C(O)/C=C/CCCCCC. The van der Waals surface area contributed by atoms with Crippen molar-refractivity contribution >= 4 is 13.7 Å². The van der Waals surface area contributed by atoms with Crippen LogP contribution < -0.4 is 5.32 Å². The van der Waals surface area contributed by atoms with Gasteiger partial charge in [0, 0.05) is 6.42 Å². The van der Waals surface area contributed by atoms with Gasteiger partial charge >= 0.3 is 7.82 Å². The Morgan fingerprint density at radius 3 is 1.81 bits per heavy atom. The molecule has 3 unspecified atom stereocenters. The van der Waals surface area contributed by atoms with E-state index in [4.69, 9.17) is 9.05 Å². The molecule has 1 amide bonds. The molecule has 3 N–H and O–H groups in total. The molecule has 47 heavy (non-hydrogen) atoms. The molecule has 0 aromatic carbocycles. The molecule has 0 aliphatic heterocycles. The summed E-state index contributed by atoms with van der Waals surface area (Å²) in [7, 11) is 1.55. The van der Waals surface area contributed by atoms with Crippen LogP contribution in [0.2, 0.25) is 0 Å². The minimum Gasteiger partial charge on any atom is -0.387 e. The van der Waals surface area contributed by atoms with Crippen LogP contribution in [-0.2, 0) is 18.4 Å². The van der Waals surface area contributed by atoms with E-state index >= 15 is 0 Å². The van der Waals surface area contributed by atoms with Gasteiger partial charge in [-0.15, -0.1) is 0 Å². The predicted octanol–water partition coefficient (Wildman–Crippen LogP) is 9.35. The van der Waals surface area contributed by atoms with Crippen molar-refractivity contribution in [2.24, 2.45) is 0 Å². The molecular weight excluding hydrogens is 611 g/mol. The van der Waals surface area contributed by atoms with Crippen molar-refractivity contribution in [3.8, 4) is 0 Å². The van der Waals surface area contributed by atoms with Gasteiger partial charge in [-0.05, 0) is 57.8 Å². The van der Waals surface area contributed by atoms with Crippen molar-refractivity contribution in [3.05, 3.63) is 48.6 Å². The summed E-state index contributed by atoms with van der Waals surface area (Å²) in [5, 5.41) is 13.6. The van der Waals surface area contributed by atoms with Crippen LogP contribution in [0.1, 0.15) is 136 Å². The van der Waals surface area contributed by atoms with Gasteiger partial charge in [-0.3, -0.25) is 13.8 Å². The van der Waals surface area contributed by atoms with Gasteiger partial charge in [-0.2, -0.15) is 0 Å². The average molecular weight is 684 g/mol. The monoisotopic (exact) mass is 684 g/mol. The summed E-state index contributed by atoms with van der Waals surface area (Å²) in [4.78, 5) is 22.8. The van der Waals surface area contributed by atoms with E-state index in [1.54, 1.807) is 6.08 Å². The van der Waals surface area contributed by atoms with E-state index < -0.39 is 20.0 Å². The van der Waals surface area contributed by atoms with Crippen LogP contribution in [0.15, 0.2) is 48.6 Å². The van der Waals surface area contributed by atoms with Crippen molar-refractivity contribution in [1.82, 2.24) is 5.32 Å². The van der Waals surface area contributed by atoms with Crippen molar-refractivity contribution in [2.75, 3.05) is 40.9 Å². The van der Waals surface area contributed by atoms with Crippen LogP contribution >= 0.6 is 7.82 Å². The highest BCUT2D eigenvalue weighted by atomic mass is 31.2. The van der Waals surface area contributed by atoms with E-state index in [1.807, 2.05) is 27.2 Å². The third kappa shape index (κ3) is 32.8. The number of quaternary nitrogens is 1. The van der Waals surface area contributed by atoms with Crippen molar-refractivity contribution in [3.63, 3.8) is 0 Å². The molecule has 0 radical (unpaired) electrons. The van der Waals surface area contributed by atoms with E-state index in [0.717, 1.165) is 70.6 Å². The first-order chi connectivity index (χ1) is 22.5. The minimum atomic E-state index is -4.32. The van der Waals surface area contributed by atoms with Gasteiger partial charge in [0.25, 0.3) is 0 Å². The third-order valence-electron chi connectivity index (χ3n) is 7.79. The van der Waals surface area contributed by atoms with E-state index in [2.05, 4.69) is 55.6 Å². The fraction of sp³-hybridized carbons (Fsp3) is 0.763. The minimum absolute atomic E-state index is 0.0559. The molecule has 0 aromatic heterocycles. The average Bonchev–Trinajstić information content (AvgIpc) is 3.01. The molecule has 274 valence electrons. The number of carbonyl (C=O) groups excluding carboxylic acids is 1. The number of nitrogens with zero attached hydrogens (tertiary/aromatic N) is 1. The lowest BCUT2D eigenvalue weighted by atomic mass is 10.1. The van der Waals surface area contributed by atoms with Crippen molar-refractivity contribution < 1.29 is 32.9 Å². The molecule has 0 saturated heterocycles. The second kappa shape index (κ2) is 30.5. The van der Waals surface area contributed by atoms with Crippen molar-refractivity contribution in [1.29, 1.82) is 0 Å². The first-order valence-electron chi connectivity index (χ1n) is 18.5. The Morgan fingerprint density at radius 2 is 1.21 bits per heavy atom. The fourth-order valence-electron chi connectivity index (χ4n) is 4.75. The van der Waals surface area contributed by atoms with Gasteiger partial charge in [0.15, 0.2) is 0 Å². The summed E-state index contributed by atoms with van der Waals surface area (Å²) in [6, 6.07) is -0.849. The zero-order valence-electron chi connectivity index (χ0n) is 30.8. The lowest BCUT2D eigenvalue weighted by Crippen LogP contribution is -2.45. The number of aliphatic hydroxyl groups excluding tert-OH is 1. The number of likely N-dealkylation sites (N-methyl/N-ethyl adjacent to an activating group) is 1. The second-order valence-corrected chi connectivity index (χ2v) is 15.0. The Bertz CT molecular complexity index is 912. The zero-order valence-corrected chi connectivity index (χ0v) is 31.6. The zero-order chi connectivity index (χ0) is 35.1. The lowest BCUT2D eigenvalue weighted by molar-refractivity contribution is -0.870. The van der Waals surface area contributed by atoms with Gasteiger partial charge in [-0.25, -0.2) is 4.57 Å². The normalized spacial score (nSPS) is 15.3. The van der Waals surface area contributed by atoms with Crippen molar-refractivity contribution in [2.45, 2.75) is 148 Å². The highest BCUT2D eigenvalue weighted by Gasteiger charge is 2.27. The van der Waals surface area contributed by atoms with E-state index in [9.17, 15) is 19.4 Å². The van der Waals surface area contributed by atoms with Crippen LogP contribution in [0.3, 0.4) is 0 Å². The largest absolute Gasteiger partial charge is 0.472 e. The summed E-state index contributed by atoms with van der Waals surface area (Å²) in [6.45, 7) is 4.66. The Morgan fingerprint density at radius 1 is 0.723 bits per heavy atom. The Balaban J connectivity index is 4.36. The highest BCUT2D eigenvalue weighted by molar-refractivity contribution is 7.47. The first kappa shape index (κ1) is 45.5. The number of amides is 1. The van der Waals surface area contributed by atoms with Crippen LogP contribution in [0.4, 0.5) is 0 Å². The van der Waals surface area contributed by atoms with Gasteiger partial charge in [-0.1, -0.05) is 120 Å². The maximum Gasteiger partial charge on any atom is 0.472 e. The standard InChI is InChI=1S/C38H71N2O6P/c1-6-8-10-12-14-15-16-17-18-19-20-21-22-23-24-25-26-28-30-32-38(42)39-36(37(41)31-29-27-13-11-9-7-2)35-46-47(43,44)45-34-33-40(3,4)5/h14-15,17-18,20-21,29,31,36-37,41H,6-13,16,19,22-28,30,32-35H2,1-5H3,(H-,39,42,43,44)/p+1/b15-14-,18-17-,21-20-,31-29+.